The summed E-state index contributed by atoms with van der Waals surface area (Å²) < 4.78 is 1.95. The third-order valence-corrected chi connectivity index (χ3v) is 3.76. The molecule has 24 heavy (non-hydrogen) atoms. The van der Waals surface area contributed by atoms with Gasteiger partial charge >= 0.3 is 0 Å². The monoisotopic (exact) mass is 336 g/mol. The van der Waals surface area contributed by atoms with Gasteiger partial charge in [-0.15, -0.1) is 6.42 Å². The molecule has 0 bridgehead atoms. The van der Waals surface area contributed by atoms with Crippen LogP contribution in [0.2, 0.25) is 5.15 Å². The van der Waals surface area contributed by atoms with Crippen LogP contribution >= 0.6 is 11.6 Å². The van der Waals surface area contributed by atoms with Crippen molar-refractivity contribution in [2.45, 2.75) is 6.54 Å². The Kier molecular flexibility index (Phi) is 4.59. The number of carbonyl (C=O) groups excluding carboxylic acids is 1. The van der Waals surface area contributed by atoms with E-state index < -0.39 is 5.91 Å². The van der Waals surface area contributed by atoms with Crippen molar-refractivity contribution < 1.29 is 4.79 Å². The van der Waals surface area contributed by atoms with Crippen molar-refractivity contribution in [2.75, 3.05) is 0 Å². The number of nitrogens with zero attached hydrogens (tertiary/aromatic N) is 3. The Hall–Kier alpha value is -3.10. The van der Waals surface area contributed by atoms with Crippen LogP contribution in [-0.4, -0.2) is 21.7 Å². The maximum Gasteiger partial charge on any atom is 0.274 e. The number of hydrogen-bond donors (Lipinski definition) is 1. The first-order chi connectivity index (χ1) is 11.7. The Labute approximate surface area is 144 Å². The number of amides is 1. The number of aromatic nitrogens is 2. The lowest BCUT2D eigenvalue weighted by Crippen LogP contribution is -2.18. The molecular weight excluding hydrogens is 324 g/mol. The first kappa shape index (κ1) is 15.8. The van der Waals surface area contributed by atoms with E-state index in [4.69, 9.17) is 18.0 Å². The molecule has 5 nitrogen and oxygen atoms in total. The van der Waals surface area contributed by atoms with Gasteiger partial charge in [-0.1, -0.05) is 35.7 Å². The van der Waals surface area contributed by atoms with Crippen LogP contribution < -0.4 is 5.43 Å². The molecule has 1 aromatic carbocycles. The van der Waals surface area contributed by atoms with E-state index in [2.05, 4.69) is 21.4 Å². The molecule has 2 heterocycles. The molecule has 0 spiro atoms. The van der Waals surface area contributed by atoms with Gasteiger partial charge in [-0.2, -0.15) is 5.10 Å². The lowest BCUT2D eigenvalue weighted by Gasteiger charge is -2.00. The molecule has 0 unspecified atom stereocenters. The highest BCUT2D eigenvalue weighted by molar-refractivity contribution is 6.32. The van der Waals surface area contributed by atoms with Gasteiger partial charge < -0.3 is 4.57 Å². The van der Waals surface area contributed by atoms with Crippen LogP contribution in [0.1, 0.15) is 15.9 Å². The topological polar surface area (TPSA) is 59.3 Å². The first-order valence-electron chi connectivity index (χ1n) is 7.16. The van der Waals surface area contributed by atoms with E-state index in [-0.39, 0.29) is 10.7 Å². The van der Waals surface area contributed by atoms with Gasteiger partial charge in [-0.3, -0.25) is 4.79 Å². The molecule has 3 aromatic rings. The Morgan fingerprint density at radius 3 is 3.00 bits per heavy atom. The van der Waals surface area contributed by atoms with Gasteiger partial charge in [0.2, 0.25) is 0 Å². The highest BCUT2D eigenvalue weighted by Crippen LogP contribution is 2.19. The summed E-state index contributed by atoms with van der Waals surface area (Å²) >= 11 is 5.89. The second-order valence-corrected chi connectivity index (χ2v) is 5.33. The van der Waals surface area contributed by atoms with Crippen LogP contribution in [-0.2, 0) is 6.54 Å². The molecule has 0 saturated carbocycles. The van der Waals surface area contributed by atoms with E-state index in [1.807, 2.05) is 35.0 Å². The third kappa shape index (κ3) is 3.14. The molecule has 0 saturated heterocycles. The number of para-hydroxylation sites is 1. The van der Waals surface area contributed by atoms with Crippen LogP contribution in [0.4, 0.5) is 0 Å². The largest absolute Gasteiger partial charge is 0.335 e. The number of hydrazone groups is 1. The molecule has 0 atom stereocenters. The van der Waals surface area contributed by atoms with Gasteiger partial charge in [-0.25, -0.2) is 10.4 Å². The van der Waals surface area contributed by atoms with E-state index in [1.165, 1.54) is 6.20 Å². The van der Waals surface area contributed by atoms with Crippen molar-refractivity contribution in [1.29, 1.82) is 0 Å². The number of halogens is 1. The molecule has 0 aliphatic carbocycles. The Morgan fingerprint density at radius 2 is 2.21 bits per heavy atom. The van der Waals surface area contributed by atoms with E-state index in [0.29, 0.717) is 6.54 Å². The number of pyridine rings is 1. The number of nitrogens with one attached hydrogen (secondary N) is 1. The maximum absolute atomic E-state index is 12.0. The zero-order valence-electron chi connectivity index (χ0n) is 12.6. The Balaban J connectivity index is 1.83. The van der Waals surface area contributed by atoms with Crippen LogP contribution in [0.15, 0.2) is 53.9 Å². The maximum atomic E-state index is 12.0. The average molecular weight is 337 g/mol. The van der Waals surface area contributed by atoms with Crippen LogP contribution in [0.3, 0.4) is 0 Å². The van der Waals surface area contributed by atoms with E-state index in [1.54, 1.807) is 18.3 Å². The molecular formula is C18H13ClN4O. The minimum absolute atomic E-state index is 0.135. The van der Waals surface area contributed by atoms with E-state index in [9.17, 15) is 4.79 Å². The normalized spacial score (nSPS) is 10.8. The molecule has 2 aromatic heterocycles. The van der Waals surface area contributed by atoms with Crippen LogP contribution in [0, 0.1) is 12.3 Å². The third-order valence-electron chi connectivity index (χ3n) is 3.45. The van der Waals surface area contributed by atoms with Crippen molar-refractivity contribution in [3.63, 3.8) is 0 Å². The molecule has 6 heteroatoms. The second-order valence-electron chi connectivity index (χ2n) is 4.97. The SMILES string of the molecule is C#CCn1cc(C=NNC(=O)c2cccnc2Cl)c2ccccc21. The van der Waals surface area contributed by atoms with Gasteiger partial charge in [0, 0.05) is 28.9 Å². The quantitative estimate of drug-likeness (QED) is 0.344. The van der Waals surface area contributed by atoms with Crippen molar-refractivity contribution in [3.8, 4) is 12.3 Å². The highest BCUT2D eigenvalue weighted by Gasteiger charge is 2.10. The summed E-state index contributed by atoms with van der Waals surface area (Å²) in [6, 6.07) is 11.1. The zero-order chi connectivity index (χ0) is 16.9. The standard InChI is InChI=1S/C18H13ClN4O/c1-2-10-23-12-13(14-6-3-4-8-16(14)23)11-21-22-18(24)15-7-5-9-20-17(15)19/h1,3-9,11-12H,10H2,(H,22,24). The minimum Gasteiger partial charge on any atom is -0.335 e. The van der Waals surface area contributed by atoms with Gasteiger partial charge in [0.1, 0.15) is 5.15 Å². The number of carbonyl (C=O) groups is 1. The molecule has 0 radical (unpaired) electrons. The summed E-state index contributed by atoms with van der Waals surface area (Å²) in [4.78, 5) is 15.9. The molecule has 1 amide bonds. The molecule has 0 fully saturated rings. The highest BCUT2D eigenvalue weighted by atomic mass is 35.5. The first-order valence-corrected chi connectivity index (χ1v) is 7.53. The van der Waals surface area contributed by atoms with Gasteiger partial charge in [0.05, 0.1) is 18.3 Å². The van der Waals surface area contributed by atoms with Crippen LogP contribution in [0.25, 0.3) is 10.9 Å². The van der Waals surface area contributed by atoms with Crippen molar-refractivity contribution in [2.24, 2.45) is 5.10 Å². The molecule has 118 valence electrons. The minimum atomic E-state index is -0.420. The summed E-state index contributed by atoms with van der Waals surface area (Å²) in [5, 5.41) is 5.15. The van der Waals surface area contributed by atoms with Crippen molar-refractivity contribution in [1.82, 2.24) is 15.0 Å². The predicted octanol–water partition coefficient (Wildman–Crippen LogP) is 3.09. The number of fused-ring (bicyclic) bond motifs is 1. The second kappa shape index (κ2) is 6.99. The fourth-order valence-corrected chi connectivity index (χ4v) is 2.59. The lowest BCUT2D eigenvalue weighted by molar-refractivity contribution is 0.0955. The fraction of sp³-hybridized carbons (Fsp3) is 0.0556. The van der Waals surface area contributed by atoms with Gasteiger partial charge in [0.15, 0.2) is 0 Å². The zero-order valence-corrected chi connectivity index (χ0v) is 13.4. The van der Waals surface area contributed by atoms with E-state index >= 15 is 0 Å². The molecule has 0 aliphatic heterocycles. The van der Waals surface area contributed by atoms with Crippen molar-refractivity contribution >= 4 is 34.6 Å². The summed E-state index contributed by atoms with van der Waals surface area (Å²) in [6.45, 7) is 0.464. The number of rotatable bonds is 4. The summed E-state index contributed by atoms with van der Waals surface area (Å²) in [5.41, 5.74) is 4.59. The molecule has 0 aliphatic rings. The summed E-state index contributed by atoms with van der Waals surface area (Å²) in [5.74, 6) is 2.20. The van der Waals surface area contributed by atoms with Gasteiger partial charge in [-0.05, 0) is 18.2 Å². The van der Waals surface area contributed by atoms with Gasteiger partial charge in [0.25, 0.3) is 5.91 Å². The molecule has 1 N–H and O–H groups in total. The number of terminal acetylenes is 1. The van der Waals surface area contributed by atoms with E-state index in [0.717, 1.165) is 16.5 Å². The fourth-order valence-electron chi connectivity index (χ4n) is 2.38. The number of hydrogen-bond acceptors (Lipinski definition) is 3. The molecule has 3 rings (SSSR count). The Bertz CT molecular complexity index is 969. The van der Waals surface area contributed by atoms with Crippen LogP contribution in [0.5, 0.6) is 0 Å². The van der Waals surface area contributed by atoms with Crippen molar-refractivity contribution in [3.05, 3.63) is 65.1 Å². The Morgan fingerprint density at radius 1 is 1.38 bits per heavy atom. The predicted molar refractivity (Wildman–Crippen MR) is 95.1 cm³/mol. The summed E-state index contributed by atoms with van der Waals surface area (Å²) in [6.07, 6.45) is 10.4. The smallest absolute Gasteiger partial charge is 0.274 e. The lowest BCUT2D eigenvalue weighted by atomic mass is 10.2. The summed E-state index contributed by atoms with van der Waals surface area (Å²) in [7, 11) is 0. The average Bonchev–Trinajstić information content (AvgIpc) is 2.94. The number of benzene rings is 1.